The van der Waals surface area contributed by atoms with Gasteiger partial charge in [-0.15, -0.1) is 0 Å². The van der Waals surface area contributed by atoms with Gasteiger partial charge in [-0.3, -0.25) is 9.10 Å². The Hall–Kier alpha value is -2.48. The van der Waals surface area contributed by atoms with Crippen molar-refractivity contribution >= 4 is 21.6 Å². The molecule has 0 aliphatic heterocycles. The first kappa shape index (κ1) is 20.8. The summed E-state index contributed by atoms with van der Waals surface area (Å²) in [6.45, 7) is 3.19. The second-order valence-electron chi connectivity index (χ2n) is 6.25. The zero-order valence-corrected chi connectivity index (χ0v) is 16.2. The van der Waals surface area contributed by atoms with E-state index in [0.29, 0.717) is 10.4 Å². The molecule has 27 heavy (non-hydrogen) atoms. The molecule has 0 saturated carbocycles. The van der Waals surface area contributed by atoms with Gasteiger partial charge in [0.15, 0.2) is 0 Å². The summed E-state index contributed by atoms with van der Waals surface area (Å²) in [5.74, 6) is -2.49. The minimum Gasteiger partial charge on any atom is -0.348 e. The molecule has 0 unspecified atom stereocenters. The maximum atomic E-state index is 14.0. The highest BCUT2D eigenvalue weighted by molar-refractivity contribution is 7.92. The molecule has 1 amide bonds. The Morgan fingerprint density at radius 3 is 2.30 bits per heavy atom. The highest BCUT2D eigenvalue weighted by Crippen LogP contribution is 2.22. The molecule has 5 nitrogen and oxygen atoms in total. The topological polar surface area (TPSA) is 66.5 Å². The predicted molar refractivity (Wildman–Crippen MR) is 101 cm³/mol. The molecule has 0 heterocycles. The summed E-state index contributed by atoms with van der Waals surface area (Å²) < 4.78 is 51.7. The molecule has 0 saturated heterocycles. The second-order valence-corrected chi connectivity index (χ2v) is 8.16. The lowest BCUT2D eigenvalue weighted by molar-refractivity contribution is -0.120. The number of anilines is 1. The number of hydrogen-bond donors (Lipinski definition) is 1. The van der Waals surface area contributed by atoms with Crippen LogP contribution < -0.4 is 9.62 Å². The predicted octanol–water partition coefficient (Wildman–Crippen LogP) is 3.17. The van der Waals surface area contributed by atoms with Crippen LogP contribution in [0, 0.1) is 11.6 Å². The molecule has 0 fully saturated rings. The summed E-state index contributed by atoms with van der Waals surface area (Å²) in [6, 6.07) is 9.82. The van der Waals surface area contributed by atoms with Crippen molar-refractivity contribution in [3.63, 3.8) is 0 Å². The van der Waals surface area contributed by atoms with E-state index in [2.05, 4.69) is 5.32 Å². The molecule has 2 aromatic carbocycles. The molecule has 1 atom stereocenters. The number of benzene rings is 2. The quantitative estimate of drug-likeness (QED) is 0.782. The van der Waals surface area contributed by atoms with Crippen LogP contribution >= 0.6 is 0 Å². The summed E-state index contributed by atoms with van der Waals surface area (Å²) in [6.07, 6.45) is 1.75. The highest BCUT2D eigenvalue weighted by atomic mass is 32.2. The van der Waals surface area contributed by atoms with E-state index in [0.717, 1.165) is 35.9 Å². The fourth-order valence-electron chi connectivity index (χ4n) is 2.61. The molecule has 0 aliphatic rings. The molecule has 2 aromatic rings. The first-order chi connectivity index (χ1) is 12.6. The van der Waals surface area contributed by atoms with Crippen molar-refractivity contribution in [2.75, 3.05) is 17.1 Å². The van der Waals surface area contributed by atoms with Crippen molar-refractivity contribution in [2.45, 2.75) is 26.3 Å². The fourth-order valence-corrected chi connectivity index (χ4v) is 3.46. The molecule has 0 radical (unpaired) electrons. The molecular formula is C19H22F2N2O3S. The van der Waals surface area contributed by atoms with Gasteiger partial charge in [0, 0.05) is 6.07 Å². The van der Waals surface area contributed by atoms with Crippen LogP contribution in [0.15, 0.2) is 42.5 Å². The smallest absolute Gasteiger partial charge is 0.241 e. The van der Waals surface area contributed by atoms with Gasteiger partial charge in [-0.1, -0.05) is 31.2 Å². The monoisotopic (exact) mass is 396 g/mol. The third kappa shape index (κ3) is 5.50. The van der Waals surface area contributed by atoms with Crippen LogP contribution in [0.25, 0.3) is 0 Å². The molecule has 0 aromatic heterocycles. The van der Waals surface area contributed by atoms with Crippen LogP contribution in [0.1, 0.15) is 31.0 Å². The minimum absolute atomic E-state index is 0.358. The van der Waals surface area contributed by atoms with E-state index in [-0.39, 0.29) is 11.7 Å². The van der Waals surface area contributed by atoms with E-state index >= 15 is 0 Å². The SMILES string of the molecule is CCc1ccc([C@H](C)NC(=O)CN(c2ccc(F)cc2F)S(C)(=O)=O)cc1. The number of halogens is 2. The zero-order valence-electron chi connectivity index (χ0n) is 15.4. The first-order valence-electron chi connectivity index (χ1n) is 8.42. The van der Waals surface area contributed by atoms with E-state index in [4.69, 9.17) is 0 Å². The Morgan fingerprint density at radius 1 is 1.15 bits per heavy atom. The molecule has 146 valence electrons. The number of amides is 1. The molecule has 0 aliphatic carbocycles. The van der Waals surface area contributed by atoms with Gasteiger partial charge in [0.05, 0.1) is 18.0 Å². The van der Waals surface area contributed by atoms with Gasteiger partial charge in [0.2, 0.25) is 15.9 Å². The van der Waals surface area contributed by atoms with Crippen molar-refractivity contribution in [3.8, 4) is 0 Å². The standard InChI is InChI=1S/C19H22F2N2O3S/c1-4-14-5-7-15(8-6-14)13(2)22-19(24)12-23(27(3,25)26)18-10-9-16(20)11-17(18)21/h5-11,13H,4,12H2,1-3H3,(H,22,24)/t13-/m0/s1. The summed E-state index contributed by atoms with van der Waals surface area (Å²) in [4.78, 5) is 12.3. The number of nitrogens with zero attached hydrogens (tertiary/aromatic N) is 1. The second kappa shape index (κ2) is 8.47. The summed E-state index contributed by atoms with van der Waals surface area (Å²) in [5.41, 5.74) is 1.64. The number of hydrogen-bond acceptors (Lipinski definition) is 3. The van der Waals surface area contributed by atoms with Gasteiger partial charge in [-0.2, -0.15) is 0 Å². The largest absolute Gasteiger partial charge is 0.348 e. The fraction of sp³-hybridized carbons (Fsp3) is 0.316. The number of nitrogens with one attached hydrogen (secondary N) is 1. The number of aryl methyl sites for hydroxylation is 1. The van der Waals surface area contributed by atoms with Crippen molar-refractivity contribution < 1.29 is 22.0 Å². The van der Waals surface area contributed by atoms with Crippen LogP contribution in [0.2, 0.25) is 0 Å². The lowest BCUT2D eigenvalue weighted by atomic mass is 10.1. The van der Waals surface area contributed by atoms with Gasteiger partial charge >= 0.3 is 0 Å². The van der Waals surface area contributed by atoms with Crippen molar-refractivity contribution in [1.29, 1.82) is 0 Å². The number of carbonyl (C=O) groups is 1. The Bertz CT molecular complexity index is 915. The molecular weight excluding hydrogens is 374 g/mol. The molecule has 2 rings (SSSR count). The highest BCUT2D eigenvalue weighted by Gasteiger charge is 2.24. The molecule has 0 spiro atoms. The van der Waals surface area contributed by atoms with E-state index < -0.39 is 34.1 Å². The maximum absolute atomic E-state index is 14.0. The van der Waals surface area contributed by atoms with Crippen molar-refractivity contribution in [3.05, 3.63) is 65.2 Å². The van der Waals surface area contributed by atoms with E-state index in [1.54, 1.807) is 6.92 Å². The normalized spacial score (nSPS) is 12.5. The summed E-state index contributed by atoms with van der Waals surface area (Å²) in [5, 5.41) is 2.70. The number of rotatable bonds is 7. The van der Waals surface area contributed by atoms with Gasteiger partial charge < -0.3 is 5.32 Å². The zero-order chi connectivity index (χ0) is 20.2. The minimum atomic E-state index is -3.95. The lowest BCUT2D eigenvalue weighted by Gasteiger charge is -2.23. The van der Waals surface area contributed by atoms with E-state index in [1.807, 2.05) is 31.2 Å². The van der Waals surface area contributed by atoms with E-state index in [9.17, 15) is 22.0 Å². The Labute approximate surface area is 158 Å². The van der Waals surface area contributed by atoms with Gasteiger partial charge in [-0.25, -0.2) is 17.2 Å². The summed E-state index contributed by atoms with van der Waals surface area (Å²) in [7, 11) is -3.95. The first-order valence-corrected chi connectivity index (χ1v) is 10.3. The third-order valence-corrected chi connectivity index (χ3v) is 5.26. The Kier molecular flexibility index (Phi) is 6.54. The summed E-state index contributed by atoms with van der Waals surface area (Å²) >= 11 is 0. The van der Waals surface area contributed by atoms with Gasteiger partial charge in [-0.05, 0) is 36.6 Å². The third-order valence-electron chi connectivity index (χ3n) is 4.13. The average molecular weight is 396 g/mol. The van der Waals surface area contributed by atoms with E-state index in [1.165, 1.54) is 0 Å². The molecule has 0 bridgehead atoms. The molecule has 1 N–H and O–H groups in total. The van der Waals surface area contributed by atoms with Crippen LogP contribution in [0.3, 0.4) is 0 Å². The van der Waals surface area contributed by atoms with Crippen LogP contribution in [-0.4, -0.2) is 27.1 Å². The van der Waals surface area contributed by atoms with Crippen LogP contribution in [-0.2, 0) is 21.2 Å². The van der Waals surface area contributed by atoms with Gasteiger partial charge in [0.25, 0.3) is 0 Å². The average Bonchev–Trinajstić information content (AvgIpc) is 2.59. The van der Waals surface area contributed by atoms with Gasteiger partial charge in [0.1, 0.15) is 18.2 Å². The number of sulfonamides is 1. The number of carbonyl (C=O) groups excluding carboxylic acids is 1. The molecule has 8 heteroatoms. The maximum Gasteiger partial charge on any atom is 0.241 e. The van der Waals surface area contributed by atoms with Crippen molar-refractivity contribution in [2.24, 2.45) is 0 Å². The van der Waals surface area contributed by atoms with Crippen LogP contribution in [0.5, 0.6) is 0 Å². The Morgan fingerprint density at radius 2 is 1.78 bits per heavy atom. The Balaban J connectivity index is 2.16. The van der Waals surface area contributed by atoms with Crippen molar-refractivity contribution in [1.82, 2.24) is 5.32 Å². The van der Waals surface area contributed by atoms with Crippen LogP contribution in [0.4, 0.5) is 14.5 Å². The lowest BCUT2D eigenvalue weighted by Crippen LogP contribution is -2.41.